The van der Waals surface area contributed by atoms with Gasteiger partial charge < -0.3 is 15.8 Å². The Morgan fingerprint density at radius 2 is 2.20 bits per heavy atom. The van der Waals surface area contributed by atoms with Crippen LogP contribution >= 0.6 is 0 Å². The zero-order valence-corrected chi connectivity index (χ0v) is 9.71. The minimum absolute atomic E-state index is 0.242. The van der Waals surface area contributed by atoms with Crippen LogP contribution in [-0.4, -0.2) is 31.2 Å². The molecule has 15 heavy (non-hydrogen) atoms. The lowest BCUT2D eigenvalue weighted by atomic mass is 9.89. The molecule has 1 saturated heterocycles. The van der Waals surface area contributed by atoms with Gasteiger partial charge in [0.2, 0.25) is 5.91 Å². The van der Waals surface area contributed by atoms with Crippen LogP contribution in [0.5, 0.6) is 0 Å². The van der Waals surface area contributed by atoms with Gasteiger partial charge in [-0.15, -0.1) is 0 Å². The van der Waals surface area contributed by atoms with Gasteiger partial charge >= 0.3 is 0 Å². The van der Waals surface area contributed by atoms with E-state index in [0.717, 1.165) is 26.0 Å². The molecule has 0 radical (unpaired) electrons. The molecule has 4 heteroatoms. The quantitative estimate of drug-likeness (QED) is 0.722. The second kappa shape index (κ2) is 5.47. The first-order valence-electron chi connectivity index (χ1n) is 5.69. The minimum Gasteiger partial charge on any atom is -0.381 e. The number of carbonyl (C=O) groups excluding carboxylic acids is 1. The van der Waals surface area contributed by atoms with E-state index in [0.29, 0.717) is 18.9 Å². The summed E-state index contributed by atoms with van der Waals surface area (Å²) in [6.07, 6.45) is 2.37. The summed E-state index contributed by atoms with van der Waals surface area (Å²) in [5.41, 5.74) is 4.96. The van der Waals surface area contributed by atoms with Crippen LogP contribution in [0.3, 0.4) is 0 Å². The highest BCUT2D eigenvalue weighted by molar-refractivity contribution is 5.84. The molecule has 1 aliphatic rings. The van der Waals surface area contributed by atoms with Crippen LogP contribution in [0.15, 0.2) is 0 Å². The average Bonchev–Trinajstić information content (AvgIpc) is 2.40. The summed E-state index contributed by atoms with van der Waals surface area (Å²) in [5.74, 6) is 0.277. The van der Waals surface area contributed by atoms with E-state index in [1.54, 1.807) is 0 Å². The Morgan fingerprint density at radius 1 is 1.47 bits per heavy atom. The molecule has 0 aromatic heterocycles. The molecule has 3 N–H and O–H groups in total. The fourth-order valence-corrected chi connectivity index (χ4v) is 1.86. The summed E-state index contributed by atoms with van der Waals surface area (Å²) in [6.45, 7) is 6.42. The summed E-state index contributed by atoms with van der Waals surface area (Å²) in [4.78, 5) is 11.5. The summed E-state index contributed by atoms with van der Waals surface area (Å²) in [5, 5.41) is 3.32. The van der Waals surface area contributed by atoms with Gasteiger partial charge in [0.25, 0.3) is 0 Å². The predicted octanol–water partition coefficient (Wildman–Crippen LogP) is 0.657. The smallest absolute Gasteiger partial charge is 0.237 e. The van der Waals surface area contributed by atoms with Crippen LogP contribution in [0.1, 0.15) is 33.1 Å². The molecule has 0 bridgehead atoms. The predicted molar refractivity (Wildman–Crippen MR) is 59.4 cm³/mol. The van der Waals surface area contributed by atoms with Crippen LogP contribution in [-0.2, 0) is 9.53 Å². The highest BCUT2D eigenvalue weighted by Crippen LogP contribution is 2.21. The Kier molecular flexibility index (Phi) is 4.54. The number of rotatable bonds is 4. The highest BCUT2D eigenvalue weighted by Gasteiger charge is 2.36. The van der Waals surface area contributed by atoms with E-state index >= 15 is 0 Å². The van der Waals surface area contributed by atoms with Gasteiger partial charge in [-0.3, -0.25) is 4.79 Å². The molecular weight excluding hydrogens is 192 g/mol. The summed E-state index contributed by atoms with van der Waals surface area (Å²) in [6, 6.07) is 0. The molecule has 1 rings (SSSR count). The molecule has 0 spiro atoms. The number of carbonyl (C=O) groups is 1. The second-order valence-corrected chi connectivity index (χ2v) is 4.69. The van der Waals surface area contributed by atoms with Crippen molar-refractivity contribution in [3.05, 3.63) is 0 Å². The number of nitrogens with one attached hydrogen (secondary N) is 1. The average molecular weight is 214 g/mol. The van der Waals surface area contributed by atoms with E-state index in [2.05, 4.69) is 19.2 Å². The third-order valence-electron chi connectivity index (χ3n) is 2.89. The highest BCUT2D eigenvalue weighted by atomic mass is 16.5. The van der Waals surface area contributed by atoms with E-state index in [1.807, 2.05) is 0 Å². The Morgan fingerprint density at radius 3 is 2.80 bits per heavy atom. The lowest BCUT2D eigenvalue weighted by molar-refractivity contribution is -0.125. The maximum absolute atomic E-state index is 11.5. The fourth-order valence-electron chi connectivity index (χ4n) is 1.86. The number of amides is 1. The zero-order valence-electron chi connectivity index (χ0n) is 9.71. The maximum atomic E-state index is 11.5. The maximum Gasteiger partial charge on any atom is 0.237 e. The number of hydrogen-bond acceptors (Lipinski definition) is 3. The largest absolute Gasteiger partial charge is 0.381 e. The second-order valence-electron chi connectivity index (χ2n) is 4.69. The van der Waals surface area contributed by atoms with Crippen molar-refractivity contribution in [3.8, 4) is 0 Å². The van der Waals surface area contributed by atoms with E-state index in [4.69, 9.17) is 10.5 Å². The first-order valence-corrected chi connectivity index (χ1v) is 5.69. The van der Waals surface area contributed by atoms with Gasteiger partial charge in [0.1, 0.15) is 0 Å². The Hall–Kier alpha value is -0.610. The van der Waals surface area contributed by atoms with Gasteiger partial charge in [0.15, 0.2) is 0 Å². The topological polar surface area (TPSA) is 64.3 Å². The van der Waals surface area contributed by atoms with E-state index in [1.165, 1.54) is 0 Å². The molecule has 1 unspecified atom stereocenters. The first-order chi connectivity index (χ1) is 7.07. The van der Waals surface area contributed by atoms with Gasteiger partial charge in [-0.2, -0.15) is 0 Å². The Labute approximate surface area is 91.5 Å². The molecule has 88 valence electrons. The Bertz CT molecular complexity index is 209. The molecule has 0 aromatic carbocycles. The molecule has 1 aliphatic heterocycles. The van der Waals surface area contributed by atoms with Crippen molar-refractivity contribution in [2.45, 2.75) is 38.6 Å². The van der Waals surface area contributed by atoms with Crippen LogP contribution in [0.2, 0.25) is 0 Å². The summed E-state index contributed by atoms with van der Waals surface area (Å²) >= 11 is 0. The van der Waals surface area contributed by atoms with Crippen LogP contribution < -0.4 is 11.1 Å². The minimum atomic E-state index is -0.541. The third-order valence-corrected chi connectivity index (χ3v) is 2.89. The van der Waals surface area contributed by atoms with Crippen molar-refractivity contribution < 1.29 is 9.53 Å². The summed E-state index contributed by atoms with van der Waals surface area (Å²) in [7, 11) is 0. The SMILES string of the molecule is CC(C)CNC1(C(N)=O)CCCOCC1. The van der Waals surface area contributed by atoms with Crippen LogP contribution in [0.4, 0.5) is 0 Å². The van der Waals surface area contributed by atoms with Crippen molar-refractivity contribution in [3.63, 3.8) is 0 Å². The molecule has 1 heterocycles. The van der Waals surface area contributed by atoms with Crippen molar-refractivity contribution in [1.29, 1.82) is 0 Å². The number of nitrogens with two attached hydrogens (primary N) is 1. The van der Waals surface area contributed by atoms with E-state index in [9.17, 15) is 4.79 Å². The van der Waals surface area contributed by atoms with Gasteiger partial charge in [-0.1, -0.05) is 13.8 Å². The first kappa shape index (κ1) is 12.5. The van der Waals surface area contributed by atoms with Crippen LogP contribution in [0, 0.1) is 5.92 Å². The molecule has 0 aromatic rings. The lowest BCUT2D eigenvalue weighted by Crippen LogP contribution is -2.56. The Balaban J connectivity index is 2.63. The summed E-state index contributed by atoms with van der Waals surface area (Å²) < 4.78 is 5.36. The van der Waals surface area contributed by atoms with Crippen molar-refractivity contribution in [1.82, 2.24) is 5.32 Å². The molecule has 4 nitrogen and oxygen atoms in total. The molecule has 1 fully saturated rings. The monoisotopic (exact) mass is 214 g/mol. The molecule has 0 saturated carbocycles. The van der Waals surface area contributed by atoms with Crippen molar-refractivity contribution in [2.75, 3.05) is 19.8 Å². The third kappa shape index (κ3) is 3.47. The molecule has 1 amide bonds. The van der Waals surface area contributed by atoms with Crippen molar-refractivity contribution in [2.24, 2.45) is 11.7 Å². The zero-order chi connectivity index (χ0) is 11.3. The molecule has 0 aliphatic carbocycles. The fraction of sp³-hybridized carbons (Fsp3) is 0.909. The van der Waals surface area contributed by atoms with Gasteiger partial charge in [-0.05, 0) is 31.7 Å². The van der Waals surface area contributed by atoms with Gasteiger partial charge in [-0.25, -0.2) is 0 Å². The number of ether oxygens (including phenoxy) is 1. The number of primary amides is 1. The number of hydrogen-bond donors (Lipinski definition) is 2. The van der Waals surface area contributed by atoms with E-state index < -0.39 is 5.54 Å². The van der Waals surface area contributed by atoms with Gasteiger partial charge in [0.05, 0.1) is 5.54 Å². The molecule has 1 atom stereocenters. The van der Waals surface area contributed by atoms with Crippen molar-refractivity contribution >= 4 is 5.91 Å². The van der Waals surface area contributed by atoms with Gasteiger partial charge in [0, 0.05) is 13.2 Å². The lowest BCUT2D eigenvalue weighted by Gasteiger charge is -2.31. The van der Waals surface area contributed by atoms with Crippen LogP contribution in [0.25, 0.3) is 0 Å². The normalized spacial score (nSPS) is 27.7. The van der Waals surface area contributed by atoms with E-state index in [-0.39, 0.29) is 5.91 Å². The standard InChI is InChI=1S/C11H22N2O2/c1-9(2)8-13-11(10(12)14)4-3-6-15-7-5-11/h9,13H,3-8H2,1-2H3,(H2,12,14). The molecular formula is C11H22N2O2.